The molecule has 2 N–H and O–H groups in total. The standard InChI is InChI=1S/C12H18BrNO/c1-5-12(3,4)15-11-6-8(2)10(14)7-9(11)13/h6-7H,5,14H2,1-4H3. The highest BCUT2D eigenvalue weighted by molar-refractivity contribution is 9.10. The molecule has 0 saturated carbocycles. The van der Waals surface area contributed by atoms with E-state index in [0.717, 1.165) is 27.9 Å². The van der Waals surface area contributed by atoms with E-state index in [1.165, 1.54) is 0 Å². The first-order valence-corrected chi connectivity index (χ1v) is 5.89. The summed E-state index contributed by atoms with van der Waals surface area (Å²) in [6.45, 7) is 8.24. The van der Waals surface area contributed by atoms with Gasteiger partial charge in [-0.25, -0.2) is 0 Å². The Labute approximate surface area is 99.9 Å². The number of ether oxygens (including phenoxy) is 1. The zero-order valence-corrected chi connectivity index (χ0v) is 11.3. The SMILES string of the molecule is CCC(C)(C)Oc1cc(C)c(N)cc1Br. The number of nitrogen functional groups attached to an aromatic ring is 1. The number of hydrogen-bond acceptors (Lipinski definition) is 2. The first-order chi connectivity index (χ1) is 6.85. The van der Waals surface area contributed by atoms with Crippen LogP contribution in [0.25, 0.3) is 0 Å². The van der Waals surface area contributed by atoms with Gasteiger partial charge in [-0.2, -0.15) is 0 Å². The third kappa shape index (κ3) is 3.13. The number of hydrogen-bond donors (Lipinski definition) is 1. The summed E-state index contributed by atoms with van der Waals surface area (Å²) in [4.78, 5) is 0. The Hall–Kier alpha value is -0.700. The van der Waals surface area contributed by atoms with Gasteiger partial charge in [-0.15, -0.1) is 0 Å². The van der Waals surface area contributed by atoms with Crippen LogP contribution in [-0.4, -0.2) is 5.60 Å². The minimum Gasteiger partial charge on any atom is -0.487 e. The van der Waals surface area contributed by atoms with Gasteiger partial charge >= 0.3 is 0 Å². The van der Waals surface area contributed by atoms with Crippen molar-refractivity contribution in [2.45, 2.75) is 39.7 Å². The van der Waals surface area contributed by atoms with Crippen molar-refractivity contribution in [3.8, 4) is 5.75 Å². The van der Waals surface area contributed by atoms with Gasteiger partial charge in [0.05, 0.1) is 4.47 Å². The largest absolute Gasteiger partial charge is 0.487 e. The molecule has 0 radical (unpaired) electrons. The summed E-state index contributed by atoms with van der Waals surface area (Å²) in [5.74, 6) is 0.855. The minimum absolute atomic E-state index is 0.148. The maximum absolute atomic E-state index is 5.92. The number of halogens is 1. The van der Waals surface area contributed by atoms with Crippen molar-refractivity contribution in [3.63, 3.8) is 0 Å². The Morgan fingerprint density at radius 3 is 2.53 bits per heavy atom. The Balaban J connectivity index is 3.01. The van der Waals surface area contributed by atoms with Crippen LogP contribution in [0.2, 0.25) is 0 Å². The third-order valence-corrected chi connectivity index (χ3v) is 3.18. The second-order valence-corrected chi connectivity index (χ2v) is 5.21. The first kappa shape index (κ1) is 12.4. The summed E-state index contributed by atoms with van der Waals surface area (Å²) < 4.78 is 6.82. The van der Waals surface area contributed by atoms with E-state index in [4.69, 9.17) is 10.5 Å². The van der Waals surface area contributed by atoms with Crippen molar-refractivity contribution in [1.29, 1.82) is 0 Å². The van der Waals surface area contributed by atoms with E-state index in [2.05, 4.69) is 36.7 Å². The lowest BCUT2D eigenvalue weighted by Crippen LogP contribution is -2.27. The molecule has 0 saturated heterocycles. The van der Waals surface area contributed by atoms with Crippen molar-refractivity contribution in [1.82, 2.24) is 0 Å². The van der Waals surface area contributed by atoms with Gasteiger partial charge in [0.1, 0.15) is 11.4 Å². The molecule has 1 rings (SSSR count). The van der Waals surface area contributed by atoms with Gasteiger partial charge < -0.3 is 10.5 Å². The molecule has 3 heteroatoms. The van der Waals surface area contributed by atoms with Gasteiger partial charge in [-0.3, -0.25) is 0 Å². The van der Waals surface area contributed by atoms with E-state index in [1.54, 1.807) is 0 Å². The number of aryl methyl sites for hydroxylation is 1. The minimum atomic E-state index is -0.148. The van der Waals surface area contributed by atoms with Crippen LogP contribution in [0.4, 0.5) is 5.69 Å². The van der Waals surface area contributed by atoms with Crippen molar-refractivity contribution in [3.05, 3.63) is 22.2 Å². The van der Waals surface area contributed by atoms with E-state index in [9.17, 15) is 0 Å². The molecule has 0 heterocycles. The zero-order chi connectivity index (χ0) is 11.6. The van der Waals surface area contributed by atoms with Gasteiger partial charge in [0, 0.05) is 5.69 Å². The average Bonchev–Trinajstić information content (AvgIpc) is 2.14. The third-order valence-electron chi connectivity index (χ3n) is 2.56. The zero-order valence-electron chi connectivity index (χ0n) is 9.73. The van der Waals surface area contributed by atoms with E-state index >= 15 is 0 Å². The fraction of sp³-hybridized carbons (Fsp3) is 0.500. The van der Waals surface area contributed by atoms with Gasteiger partial charge in [-0.1, -0.05) is 6.92 Å². The molecular weight excluding hydrogens is 254 g/mol. The fourth-order valence-corrected chi connectivity index (χ4v) is 1.56. The average molecular weight is 272 g/mol. The molecule has 1 aromatic carbocycles. The normalized spacial score (nSPS) is 11.5. The smallest absolute Gasteiger partial charge is 0.134 e. The first-order valence-electron chi connectivity index (χ1n) is 5.10. The van der Waals surface area contributed by atoms with Crippen molar-refractivity contribution in [2.24, 2.45) is 0 Å². The fourth-order valence-electron chi connectivity index (χ4n) is 1.12. The Morgan fingerprint density at radius 2 is 2.00 bits per heavy atom. The maximum atomic E-state index is 5.92. The lowest BCUT2D eigenvalue weighted by Gasteiger charge is -2.26. The Bertz CT molecular complexity index is 361. The maximum Gasteiger partial charge on any atom is 0.134 e. The van der Waals surface area contributed by atoms with E-state index in [0.29, 0.717) is 0 Å². The molecule has 84 valence electrons. The summed E-state index contributed by atoms with van der Waals surface area (Å²) in [5.41, 5.74) is 7.48. The molecule has 0 aliphatic heterocycles. The molecule has 0 aliphatic rings. The highest BCUT2D eigenvalue weighted by Gasteiger charge is 2.18. The van der Waals surface area contributed by atoms with Crippen LogP contribution in [0.15, 0.2) is 16.6 Å². The molecule has 0 aliphatic carbocycles. The van der Waals surface area contributed by atoms with Gasteiger partial charge in [0.15, 0.2) is 0 Å². The van der Waals surface area contributed by atoms with Gasteiger partial charge in [0.2, 0.25) is 0 Å². The second-order valence-electron chi connectivity index (χ2n) is 4.35. The van der Waals surface area contributed by atoms with Gasteiger partial charge in [-0.05, 0) is 60.8 Å². The molecule has 0 aromatic heterocycles. The quantitative estimate of drug-likeness (QED) is 0.847. The van der Waals surface area contributed by atoms with E-state index in [-0.39, 0.29) is 5.60 Å². The highest BCUT2D eigenvalue weighted by atomic mass is 79.9. The van der Waals surface area contributed by atoms with E-state index < -0.39 is 0 Å². The van der Waals surface area contributed by atoms with Crippen molar-refractivity contribution in [2.75, 3.05) is 5.73 Å². The molecule has 0 fully saturated rings. The number of anilines is 1. The van der Waals surface area contributed by atoms with Crippen LogP contribution in [0.3, 0.4) is 0 Å². The van der Waals surface area contributed by atoms with Crippen LogP contribution < -0.4 is 10.5 Å². The molecule has 0 spiro atoms. The molecule has 1 aromatic rings. The number of benzene rings is 1. The van der Waals surface area contributed by atoms with Gasteiger partial charge in [0.25, 0.3) is 0 Å². The molecular formula is C12H18BrNO. The van der Waals surface area contributed by atoms with Crippen LogP contribution in [0.1, 0.15) is 32.8 Å². The Morgan fingerprint density at radius 1 is 1.40 bits per heavy atom. The predicted octanol–water partition coefficient (Wildman–Crippen LogP) is 3.91. The summed E-state index contributed by atoms with van der Waals surface area (Å²) in [5, 5.41) is 0. The lowest BCUT2D eigenvalue weighted by atomic mass is 10.1. The molecule has 0 amide bonds. The number of nitrogens with two attached hydrogens (primary N) is 1. The highest BCUT2D eigenvalue weighted by Crippen LogP contribution is 2.32. The Kier molecular flexibility index (Phi) is 3.66. The molecule has 2 nitrogen and oxygen atoms in total. The van der Waals surface area contributed by atoms with Crippen LogP contribution in [0, 0.1) is 6.92 Å². The van der Waals surface area contributed by atoms with Crippen LogP contribution in [-0.2, 0) is 0 Å². The lowest BCUT2D eigenvalue weighted by molar-refractivity contribution is 0.104. The van der Waals surface area contributed by atoms with Crippen molar-refractivity contribution >= 4 is 21.6 Å². The van der Waals surface area contributed by atoms with E-state index in [1.807, 2.05) is 19.1 Å². The molecule has 0 unspecified atom stereocenters. The monoisotopic (exact) mass is 271 g/mol. The predicted molar refractivity (Wildman–Crippen MR) is 68.3 cm³/mol. The second kappa shape index (κ2) is 4.44. The molecule has 15 heavy (non-hydrogen) atoms. The molecule has 0 bridgehead atoms. The summed E-state index contributed by atoms with van der Waals surface area (Å²) in [6, 6.07) is 3.85. The number of rotatable bonds is 3. The van der Waals surface area contributed by atoms with Crippen molar-refractivity contribution < 1.29 is 4.74 Å². The van der Waals surface area contributed by atoms with Crippen LogP contribution in [0.5, 0.6) is 5.75 Å². The van der Waals surface area contributed by atoms with Crippen LogP contribution >= 0.6 is 15.9 Å². The summed E-state index contributed by atoms with van der Waals surface area (Å²) >= 11 is 3.46. The summed E-state index contributed by atoms with van der Waals surface area (Å²) in [7, 11) is 0. The summed E-state index contributed by atoms with van der Waals surface area (Å²) in [6.07, 6.45) is 0.961. The topological polar surface area (TPSA) is 35.2 Å². The molecule has 0 atom stereocenters.